The number of H-pyrrole nitrogens is 1. The Labute approximate surface area is 143 Å². The fourth-order valence-corrected chi connectivity index (χ4v) is 3.61. The van der Waals surface area contributed by atoms with Gasteiger partial charge < -0.3 is 15.2 Å². The quantitative estimate of drug-likeness (QED) is 0.660. The van der Waals surface area contributed by atoms with Crippen LogP contribution in [0.25, 0.3) is 22.0 Å². The molecule has 0 aliphatic heterocycles. The van der Waals surface area contributed by atoms with Gasteiger partial charge in [0.25, 0.3) is 0 Å². The molecule has 1 aromatic heterocycles. The van der Waals surface area contributed by atoms with Gasteiger partial charge >= 0.3 is 5.97 Å². The number of aliphatic hydroxyl groups excluding tert-OH is 1. The lowest BCUT2D eigenvalue weighted by molar-refractivity contribution is 0.0698. The second-order valence-electron chi connectivity index (χ2n) is 6.33. The highest BCUT2D eigenvalue weighted by Crippen LogP contribution is 2.38. The molecular weight excluding hydrogens is 326 g/mol. The Morgan fingerprint density at radius 2 is 1.88 bits per heavy atom. The minimum Gasteiger partial charge on any atom is -0.478 e. The van der Waals surface area contributed by atoms with E-state index in [0.29, 0.717) is 21.8 Å². The largest absolute Gasteiger partial charge is 0.478 e. The third kappa shape index (κ3) is 2.48. The van der Waals surface area contributed by atoms with Crippen LogP contribution >= 0.6 is 11.6 Å². The van der Waals surface area contributed by atoms with Crippen LogP contribution in [0.15, 0.2) is 42.6 Å². The lowest BCUT2D eigenvalue weighted by Crippen LogP contribution is -2.26. The van der Waals surface area contributed by atoms with E-state index in [1.165, 1.54) is 11.8 Å². The van der Waals surface area contributed by atoms with E-state index < -0.39 is 5.97 Å². The number of carbonyl (C=O) groups is 1. The zero-order valence-corrected chi connectivity index (χ0v) is 13.5. The number of fused-ring (bicyclic) bond motifs is 1. The molecule has 3 aromatic rings. The second-order valence-corrected chi connectivity index (χ2v) is 6.74. The topological polar surface area (TPSA) is 73.3 Å². The first kappa shape index (κ1) is 15.2. The summed E-state index contributed by atoms with van der Waals surface area (Å²) in [5, 5.41) is 19.9. The Morgan fingerprint density at radius 3 is 2.50 bits per heavy atom. The minimum atomic E-state index is -0.964. The Balaban J connectivity index is 1.73. The Hall–Kier alpha value is -2.30. The van der Waals surface area contributed by atoms with Gasteiger partial charge in [0.05, 0.1) is 16.7 Å². The van der Waals surface area contributed by atoms with Crippen molar-refractivity contribution in [1.29, 1.82) is 0 Å². The van der Waals surface area contributed by atoms with Crippen molar-refractivity contribution in [3.8, 4) is 11.1 Å². The molecule has 5 heteroatoms. The monoisotopic (exact) mass is 341 g/mol. The van der Waals surface area contributed by atoms with Crippen molar-refractivity contribution in [1.82, 2.24) is 4.98 Å². The maximum absolute atomic E-state index is 11.3. The van der Waals surface area contributed by atoms with Gasteiger partial charge in [-0.25, -0.2) is 4.79 Å². The van der Waals surface area contributed by atoms with Crippen molar-refractivity contribution in [2.24, 2.45) is 0 Å². The zero-order chi connectivity index (χ0) is 16.8. The molecule has 4 rings (SSSR count). The normalized spacial score (nSPS) is 20.1. The first-order valence-corrected chi connectivity index (χ1v) is 8.23. The molecule has 0 radical (unpaired) electrons. The average molecular weight is 342 g/mol. The van der Waals surface area contributed by atoms with Crippen LogP contribution in [-0.2, 0) is 0 Å². The van der Waals surface area contributed by atoms with Crippen molar-refractivity contribution in [2.75, 3.05) is 0 Å². The van der Waals surface area contributed by atoms with Crippen LogP contribution in [0.5, 0.6) is 0 Å². The van der Waals surface area contributed by atoms with Crippen molar-refractivity contribution in [3.63, 3.8) is 0 Å². The number of rotatable bonds is 3. The molecule has 0 bridgehead atoms. The van der Waals surface area contributed by atoms with Gasteiger partial charge in [-0.05, 0) is 42.0 Å². The van der Waals surface area contributed by atoms with Gasteiger partial charge in [-0.3, -0.25) is 0 Å². The number of hydrogen-bond acceptors (Lipinski definition) is 2. The third-order valence-electron chi connectivity index (χ3n) is 4.81. The summed E-state index contributed by atoms with van der Waals surface area (Å²) in [6.07, 6.45) is 2.95. The number of aliphatic hydroxyl groups is 1. The molecule has 1 aliphatic rings. The molecule has 3 N–H and O–H groups in total. The molecule has 122 valence electrons. The second kappa shape index (κ2) is 5.65. The van der Waals surface area contributed by atoms with E-state index >= 15 is 0 Å². The highest BCUT2D eigenvalue weighted by Gasteiger charge is 2.28. The first-order chi connectivity index (χ1) is 11.5. The third-order valence-corrected chi connectivity index (χ3v) is 5.12. The molecule has 0 saturated heterocycles. The standard InChI is InChI=1S/C19H16ClNO3/c20-17-8-18-15(16(9-21-18)19(23)24)7-14(17)11-3-1-10(2-4-11)12-5-13(22)6-12/h1-4,7-9,12-13,21-22H,5-6H2,(H,23,24)/t12-,13-. The van der Waals surface area contributed by atoms with Crippen molar-refractivity contribution >= 4 is 28.5 Å². The Bertz CT molecular complexity index is 924. The smallest absolute Gasteiger partial charge is 0.337 e. The van der Waals surface area contributed by atoms with Gasteiger partial charge in [0, 0.05) is 22.7 Å². The predicted molar refractivity (Wildman–Crippen MR) is 93.7 cm³/mol. The van der Waals surface area contributed by atoms with Gasteiger partial charge in [0.1, 0.15) is 0 Å². The maximum Gasteiger partial charge on any atom is 0.337 e. The van der Waals surface area contributed by atoms with Crippen LogP contribution < -0.4 is 0 Å². The van der Waals surface area contributed by atoms with Gasteiger partial charge in [-0.15, -0.1) is 0 Å². The summed E-state index contributed by atoms with van der Waals surface area (Å²) in [5.74, 6) is -0.538. The number of hydrogen-bond donors (Lipinski definition) is 3. The van der Waals surface area contributed by atoms with Crippen LogP contribution in [-0.4, -0.2) is 27.3 Å². The first-order valence-electron chi connectivity index (χ1n) is 7.85. The van der Waals surface area contributed by atoms with Gasteiger partial charge in [-0.1, -0.05) is 35.9 Å². The fraction of sp³-hybridized carbons (Fsp3) is 0.211. The van der Waals surface area contributed by atoms with Gasteiger partial charge in [0.2, 0.25) is 0 Å². The Morgan fingerprint density at radius 1 is 1.17 bits per heavy atom. The fourth-order valence-electron chi connectivity index (χ4n) is 3.34. The predicted octanol–water partition coefficient (Wildman–Crippen LogP) is 4.42. The number of carboxylic acid groups (broad SMARTS) is 1. The summed E-state index contributed by atoms with van der Waals surface area (Å²) in [6.45, 7) is 0. The lowest BCUT2D eigenvalue weighted by Gasteiger charge is -2.31. The van der Waals surface area contributed by atoms with Crippen molar-refractivity contribution in [2.45, 2.75) is 24.9 Å². The number of nitrogens with one attached hydrogen (secondary N) is 1. The highest BCUT2D eigenvalue weighted by molar-refractivity contribution is 6.34. The molecule has 4 nitrogen and oxygen atoms in total. The van der Waals surface area contributed by atoms with Gasteiger partial charge in [0.15, 0.2) is 0 Å². The molecule has 0 amide bonds. The molecule has 0 atom stereocenters. The Kier molecular flexibility index (Phi) is 3.59. The van der Waals surface area contributed by atoms with E-state index in [-0.39, 0.29) is 11.7 Å². The summed E-state index contributed by atoms with van der Waals surface area (Å²) in [6, 6.07) is 11.7. The van der Waals surface area contributed by atoms with E-state index in [9.17, 15) is 15.0 Å². The number of aromatic carboxylic acids is 1. The number of aromatic nitrogens is 1. The molecule has 24 heavy (non-hydrogen) atoms. The molecule has 0 unspecified atom stereocenters. The summed E-state index contributed by atoms with van der Waals surface area (Å²) < 4.78 is 0. The van der Waals surface area contributed by atoms with Gasteiger partial charge in [-0.2, -0.15) is 0 Å². The van der Waals surface area contributed by atoms with E-state index in [2.05, 4.69) is 17.1 Å². The molecule has 2 aromatic carbocycles. The summed E-state index contributed by atoms with van der Waals surface area (Å²) >= 11 is 6.39. The van der Waals surface area contributed by atoms with E-state index in [1.54, 1.807) is 6.07 Å². The number of benzene rings is 2. The molecular formula is C19H16ClNO3. The van der Waals surface area contributed by atoms with E-state index in [1.807, 2.05) is 18.2 Å². The number of aromatic amines is 1. The minimum absolute atomic E-state index is 0.172. The molecule has 1 heterocycles. The lowest BCUT2D eigenvalue weighted by atomic mass is 9.77. The van der Waals surface area contributed by atoms with E-state index in [4.69, 9.17) is 11.6 Å². The summed E-state index contributed by atoms with van der Waals surface area (Å²) in [4.78, 5) is 14.3. The van der Waals surface area contributed by atoms with Crippen LogP contribution in [0.1, 0.15) is 34.7 Å². The zero-order valence-electron chi connectivity index (χ0n) is 12.8. The van der Waals surface area contributed by atoms with Crippen LogP contribution in [0, 0.1) is 0 Å². The van der Waals surface area contributed by atoms with Crippen LogP contribution in [0.3, 0.4) is 0 Å². The molecule has 1 saturated carbocycles. The molecule has 0 spiro atoms. The van der Waals surface area contributed by atoms with Crippen LogP contribution in [0.4, 0.5) is 0 Å². The average Bonchev–Trinajstić information content (AvgIpc) is 2.94. The maximum atomic E-state index is 11.3. The SMILES string of the molecule is O=C(O)c1c[nH]c2cc(Cl)c(-c3ccc([C@H]4C[C@H](O)C4)cc3)cc12. The number of halogens is 1. The van der Waals surface area contributed by atoms with E-state index in [0.717, 1.165) is 24.0 Å². The summed E-state index contributed by atoms with van der Waals surface area (Å²) in [7, 11) is 0. The van der Waals surface area contributed by atoms with Crippen molar-refractivity contribution < 1.29 is 15.0 Å². The number of carboxylic acids is 1. The van der Waals surface area contributed by atoms with Crippen LogP contribution in [0.2, 0.25) is 5.02 Å². The summed E-state index contributed by atoms with van der Waals surface area (Å²) in [5.41, 5.74) is 3.92. The highest BCUT2D eigenvalue weighted by atomic mass is 35.5. The molecule has 1 aliphatic carbocycles. The van der Waals surface area contributed by atoms with Crippen molar-refractivity contribution in [3.05, 3.63) is 58.7 Å². The molecule has 1 fully saturated rings.